The fourth-order valence-corrected chi connectivity index (χ4v) is 3.36. The normalized spacial score (nSPS) is 11.5. The second-order valence-corrected chi connectivity index (χ2v) is 7.49. The highest BCUT2D eigenvalue weighted by Crippen LogP contribution is 2.22. The van der Waals surface area contributed by atoms with Crippen LogP contribution in [0.3, 0.4) is 0 Å². The maximum absolute atomic E-state index is 13.0. The van der Waals surface area contributed by atoms with Crippen LogP contribution in [0.15, 0.2) is 59.1 Å². The number of nitrogens with zero attached hydrogens (tertiary/aromatic N) is 2. The predicted molar refractivity (Wildman–Crippen MR) is 122 cm³/mol. The molecule has 3 aromatic rings. The first-order valence-electron chi connectivity index (χ1n) is 10.3. The first-order valence-corrected chi connectivity index (χ1v) is 10.3. The zero-order chi connectivity index (χ0) is 24.0. The van der Waals surface area contributed by atoms with Gasteiger partial charge in [-0.3, -0.25) is 14.4 Å². The molecule has 1 atom stereocenters. The maximum Gasteiger partial charge on any atom is 0.254 e. The third kappa shape index (κ3) is 5.64. The fourth-order valence-electron chi connectivity index (χ4n) is 3.36. The average molecular weight is 450 g/mol. The molecule has 3 N–H and O–H groups in total. The second-order valence-electron chi connectivity index (χ2n) is 7.49. The van der Waals surface area contributed by atoms with E-state index in [0.717, 1.165) is 21.7 Å². The Morgan fingerprint density at radius 3 is 2.18 bits per heavy atom. The highest BCUT2D eigenvalue weighted by Gasteiger charge is 2.33. The molecule has 3 rings (SSSR count). The molecule has 33 heavy (non-hydrogen) atoms. The molecule has 2 aromatic carbocycles. The van der Waals surface area contributed by atoms with Crippen LogP contribution in [0.1, 0.15) is 21.8 Å². The van der Waals surface area contributed by atoms with Crippen LogP contribution in [0.4, 0.5) is 5.69 Å². The van der Waals surface area contributed by atoms with E-state index in [0.29, 0.717) is 17.0 Å². The lowest BCUT2D eigenvalue weighted by Gasteiger charge is -2.25. The van der Waals surface area contributed by atoms with Crippen molar-refractivity contribution in [1.82, 2.24) is 15.4 Å². The molecule has 0 aliphatic heterocycles. The fraction of sp³-hybridized carbons (Fsp3) is 0.250. The van der Waals surface area contributed by atoms with Crippen molar-refractivity contribution in [3.8, 4) is 11.1 Å². The number of aryl methyl sites for hydroxylation is 1. The summed E-state index contributed by atoms with van der Waals surface area (Å²) in [6, 6.07) is 14.9. The van der Waals surface area contributed by atoms with E-state index >= 15 is 0 Å². The molecular formula is C24H26N4O5. The number of ketones is 1. The number of nitrogens with one attached hydrogen (secondary N) is 2. The number of rotatable bonds is 9. The molecule has 0 saturated heterocycles. The Labute approximate surface area is 191 Å². The van der Waals surface area contributed by atoms with Crippen molar-refractivity contribution in [3.05, 3.63) is 71.6 Å². The molecule has 0 aliphatic carbocycles. The van der Waals surface area contributed by atoms with E-state index in [2.05, 4.69) is 15.8 Å². The van der Waals surface area contributed by atoms with Crippen LogP contribution in [0.5, 0.6) is 0 Å². The lowest BCUT2D eigenvalue weighted by atomic mass is 10.0. The molecule has 0 bridgehead atoms. The molecule has 9 heteroatoms. The Hall–Kier alpha value is -3.98. The summed E-state index contributed by atoms with van der Waals surface area (Å²) < 4.78 is 4.95. The van der Waals surface area contributed by atoms with Crippen molar-refractivity contribution in [2.45, 2.75) is 19.5 Å². The van der Waals surface area contributed by atoms with E-state index in [4.69, 9.17) is 4.52 Å². The van der Waals surface area contributed by atoms with Gasteiger partial charge in [-0.25, -0.2) is 0 Å². The molecule has 1 unspecified atom stereocenters. The molecule has 0 fully saturated rings. The quantitative estimate of drug-likeness (QED) is 0.426. The van der Waals surface area contributed by atoms with E-state index in [1.807, 2.05) is 31.3 Å². The zero-order valence-electron chi connectivity index (χ0n) is 18.7. The molecule has 1 heterocycles. The van der Waals surface area contributed by atoms with Crippen molar-refractivity contribution in [1.29, 1.82) is 0 Å². The Balaban J connectivity index is 1.73. The van der Waals surface area contributed by atoms with E-state index in [9.17, 15) is 19.5 Å². The number of amides is 2. The van der Waals surface area contributed by atoms with Gasteiger partial charge in [0.05, 0.1) is 6.54 Å². The highest BCUT2D eigenvalue weighted by molar-refractivity contribution is 6.10. The van der Waals surface area contributed by atoms with E-state index in [1.54, 1.807) is 37.3 Å². The summed E-state index contributed by atoms with van der Waals surface area (Å²) in [5, 5.41) is 18.7. The summed E-state index contributed by atoms with van der Waals surface area (Å²) in [7, 11) is 3.20. The number of likely N-dealkylation sites (N-methyl/N-ethyl adjacent to an activating group) is 1. The Morgan fingerprint density at radius 2 is 1.67 bits per heavy atom. The summed E-state index contributed by atoms with van der Waals surface area (Å²) >= 11 is 0. The number of aromatic nitrogens is 1. The Morgan fingerprint density at radius 1 is 1.06 bits per heavy atom. The number of carbonyl (C=O) groups excluding carboxylic acids is 3. The van der Waals surface area contributed by atoms with Crippen LogP contribution in [0.2, 0.25) is 0 Å². The number of hydrogen-bond acceptors (Lipinski definition) is 7. The minimum atomic E-state index is -1.48. The van der Waals surface area contributed by atoms with E-state index in [-0.39, 0.29) is 6.54 Å². The smallest absolute Gasteiger partial charge is 0.254 e. The van der Waals surface area contributed by atoms with Crippen LogP contribution in [-0.4, -0.2) is 59.5 Å². The second kappa shape index (κ2) is 10.6. The third-order valence-corrected chi connectivity index (χ3v) is 5.18. The number of Topliss-reactive ketones (excluding diaryl/α,β-unsaturated/α-hetero) is 1. The van der Waals surface area contributed by atoms with Crippen LogP contribution in [0.25, 0.3) is 11.1 Å². The number of aliphatic hydroxyl groups excluding tert-OH is 1. The number of aliphatic hydroxyl groups is 1. The topological polar surface area (TPSA) is 125 Å². The first-order chi connectivity index (χ1) is 15.8. The Bertz CT molecular complexity index is 1120. The van der Waals surface area contributed by atoms with Crippen LogP contribution in [-0.2, 0) is 16.1 Å². The largest absolute Gasteiger partial charge is 0.388 e. The van der Waals surface area contributed by atoms with E-state index in [1.165, 1.54) is 7.05 Å². The van der Waals surface area contributed by atoms with Gasteiger partial charge in [0.25, 0.3) is 11.8 Å². The minimum absolute atomic E-state index is 0.0223. The molecule has 0 saturated carbocycles. The lowest BCUT2D eigenvalue weighted by molar-refractivity contribution is -0.136. The lowest BCUT2D eigenvalue weighted by Crippen LogP contribution is -2.53. The van der Waals surface area contributed by atoms with Gasteiger partial charge < -0.3 is 25.2 Å². The number of carbonyl (C=O) groups is 3. The van der Waals surface area contributed by atoms with Gasteiger partial charge in [0, 0.05) is 31.4 Å². The molecule has 9 nitrogen and oxygen atoms in total. The van der Waals surface area contributed by atoms with Crippen molar-refractivity contribution < 1.29 is 24.0 Å². The monoisotopic (exact) mass is 450 g/mol. The first kappa shape index (κ1) is 23.7. The summed E-state index contributed by atoms with van der Waals surface area (Å²) in [5.41, 5.74) is 3.67. The van der Waals surface area contributed by atoms with Crippen LogP contribution < -0.4 is 10.6 Å². The molecular weight excluding hydrogens is 424 g/mol. The number of anilines is 1. The van der Waals surface area contributed by atoms with Crippen molar-refractivity contribution in [2.75, 3.05) is 26.0 Å². The summed E-state index contributed by atoms with van der Waals surface area (Å²) in [6.45, 7) is 0.861. The molecule has 0 radical (unpaired) electrons. The number of benzene rings is 2. The molecule has 172 valence electrons. The van der Waals surface area contributed by atoms with Gasteiger partial charge in [-0.2, -0.15) is 0 Å². The van der Waals surface area contributed by atoms with Crippen LogP contribution >= 0.6 is 0 Å². The molecule has 0 aliphatic rings. The van der Waals surface area contributed by atoms with Gasteiger partial charge >= 0.3 is 0 Å². The van der Waals surface area contributed by atoms with Gasteiger partial charge in [-0.05, 0) is 42.3 Å². The maximum atomic E-state index is 13.0. The van der Waals surface area contributed by atoms with Crippen LogP contribution in [0, 0.1) is 6.92 Å². The highest BCUT2D eigenvalue weighted by atomic mass is 16.5. The standard InChI is InChI=1S/C24H26N4O5/c1-15-12-20(27-33-15)13-26-23(31)22(21(30)14-29)28(3)24(32)18-6-4-16(5-7-18)17-8-10-19(25-2)11-9-17/h4-12,22,25,29H,13-14H2,1-3H3,(H,26,31). The average Bonchev–Trinajstić information content (AvgIpc) is 3.27. The molecule has 0 spiro atoms. The van der Waals surface area contributed by atoms with Crippen molar-refractivity contribution in [2.24, 2.45) is 0 Å². The predicted octanol–water partition coefficient (Wildman–Crippen LogP) is 2.01. The summed E-state index contributed by atoms with van der Waals surface area (Å²) in [4.78, 5) is 39.0. The number of hydrogen-bond donors (Lipinski definition) is 3. The Kier molecular flexibility index (Phi) is 7.57. The van der Waals surface area contributed by atoms with Crippen molar-refractivity contribution >= 4 is 23.3 Å². The van der Waals surface area contributed by atoms with Gasteiger partial charge in [0.15, 0.2) is 11.8 Å². The SMILES string of the molecule is CNc1ccc(-c2ccc(C(=O)N(C)C(C(=O)CO)C(=O)NCc3cc(C)on3)cc2)cc1. The minimum Gasteiger partial charge on any atom is -0.388 e. The summed E-state index contributed by atoms with van der Waals surface area (Å²) in [6.07, 6.45) is 0. The van der Waals surface area contributed by atoms with Gasteiger partial charge in [0.2, 0.25) is 0 Å². The molecule has 1 aromatic heterocycles. The summed E-state index contributed by atoms with van der Waals surface area (Å²) in [5.74, 6) is -1.45. The van der Waals surface area contributed by atoms with Gasteiger partial charge in [0.1, 0.15) is 18.1 Å². The van der Waals surface area contributed by atoms with E-state index < -0.39 is 30.2 Å². The third-order valence-electron chi connectivity index (χ3n) is 5.18. The van der Waals surface area contributed by atoms with Gasteiger partial charge in [-0.15, -0.1) is 0 Å². The van der Waals surface area contributed by atoms with Crippen molar-refractivity contribution in [3.63, 3.8) is 0 Å². The van der Waals surface area contributed by atoms with Gasteiger partial charge in [-0.1, -0.05) is 29.4 Å². The molecule has 2 amide bonds. The zero-order valence-corrected chi connectivity index (χ0v) is 18.7.